The third-order valence-corrected chi connectivity index (χ3v) is 19.6. The van der Waals surface area contributed by atoms with Gasteiger partial charge in [-0.2, -0.15) is 0 Å². The van der Waals surface area contributed by atoms with Crippen LogP contribution in [0.15, 0.2) is 205 Å². The molecule has 0 aliphatic heterocycles. The van der Waals surface area contributed by atoms with Crippen LogP contribution in [0.25, 0.3) is 106 Å². The summed E-state index contributed by atoms with van der Waals surface area (Å²) < 4.78 is 21.2. The molecule has 0 saturated carbocycles. The number of aromatic nitrogens is 4. The average molecular weight is 1340 g/mol. The number of fused-ring (bicyclic) bond motifs is 8. The number of hydrogen-bond acceptors (Lipinski definition) is 3. The van der Waals surface area contributed by atoms with Crippen molar-refractivity contribution in [2.24, 2.45) is 0 Å². The SMILES string of the molecule is CC(C)(C)c1cc(Oc2[c-]c(-[n+]3[c-]n(-c4c(-c5ccccc5)cccc4-c4ccccc4)c4ccccc43)c3oc4ccccc4c3c2)[c-]c(-c2nc3ccc4c(c3n2-c2cc3c(cc2-c2ccccc2)C(C)(C)CCC3(C)C)C(C)(C)CCC4(C)C)c1.[Pt]. The molecular weight excluding hydrogens is 1270 g/mol. The first-order chi connectivity index (χ1) is 42.2. The minimum atomic E-state index is -0.290. The first-order valence-corrected chi connectivity index (χ1v) is 31.4. The fraction of sp³-hybridized carbons (Fsp3) is 0.244. The first kappa shape index (κ1) is 58.1. The van der Waals surface area contributed by atoms with Gasteiger partial charge in [-0.05, 0) is 133 Å². The number of nitrogens with zero attached hydrogens (tertiary/aromatic N) is 4. The predicted molar refractivity (Wildman–Crippen MR) is 361 cm³/mol. The van der Waals surface area contributed by atoms with Gasteiger partial charge in [-0.1, -0.05) is 251 Å². The Balaban J connectivity index is 0.00000694. The zero-order valence-electron chi connectivity index (χ0n) is 52.8. The third kappa shape index (κ3) is 9.80. The molecule has 0 saturated heterocycles. The third-order valence-electron chi connectivity index (χ3n) is 19.6. The molecule has 446 valence electrons. The maximum atomic E-state index is 7.39. The van der Waals surface area contributed by atoms with Crippen LogP contribution < -0.4 is 9.30 Å². The van der Waals surface area contributed by atoms with Crippen molar-refractivity contribution in [3.05, 3.63) is 246 Å². The molecule has 0 radical (unpaired) electrons. The predicted octanol–water partition coefficient (Wildman–Crippen LogP) is 21.0. The molecule has 2 aliphatic carbocycles. The molecule has 89 heavy (non-hydrogen) atoms. The van der Waals surface area contributed by atoms with Crippen LogP contribution >= 0.6 is 0 Å². The Kier molecular flexibility index (Phi) is 13.9. The van der Waals surface area contributed by atoms with Crippen LogP contribution in [0.3, 0.4) is 0 Å². The van der Waals surface area contributed by atoms with E-state index in [2.05, 4.69) is 296 Å². The van der Waals surface area contributed by atoms with E-state index in [-0.39, 0.29) is 48.1 Å². The second-order valence-corrected chi connectivity index (χ2v) is 28.5. The van der Waals surface area contributed by atoms with E-state index < -0.39 is 0 Å². The fourth-order valence-electron chi connectivity index (χ4n) is 14.4. The van der Waals surface area contributed by atoms with Crippen molar-refractivity contribution in [1.29, 1.82) is 0 Å². The summed E-state index contributed by atoms with van der Waals surface area (Å²) >= 11 is 0. The maximum Gasteiger partial charge on any atom is 0.268 e. The second-order valence-electron chi connectivity index (χ2n) is 28.5. The van der Waals surface area contributed by atoms with Crippen LogP contribution in [-0.2, 0) is 48.1 Å². The number of ether oxygens (including phenoxy) is 1. The molecule has 0 unspecified atom stereocenters. The van der Waals surface area contributed by atoms with Gasteiger partial charge in [-0.15, -0.1) is 29.3 Å². The van der Waals surface area contributed by atoms with E-state index in [9.17, 15) is 0 Å². The standard InChI is InChI=1S/C82H74N4O2.Pt/c1-78(2,3)56-44-55(77-83-67-39-38-64-73(82(10,11)43-42-79(64,4)5)75(67)86(77)70-50-66-65(80(6,7)40-41-81(66,8)9)49-62(70)54-30-19-14-20-31-54)45-57(46-56)87-58-47-63-61-32-21-24-37-72(61)88-76(63)71(48-58)84-51-85(69-36-23-22-35-68(69)84)74-59(52-26-15-12-16-27-52)33-25-34-60(74)53-28-17-13-18-29-53;/h12-39,44,46-47,49-50H,40-43H2,1-11H3;/q-2;. The molecule has 3 heterocycles. The fourth-order valence-corrected chi connectivity index (χ4v) is 14.4. The zero-order chi connectivity index (χ0) is 60.6. The number of para-hydroxylation sites is 4. The molecule has 0 atom stereocenters. The Hall–Kier alpha value is -8.57. The van der Waals surface area contributed by atoms with Crippen molar-refractivity contribution in [3.8, 4) is 73.3 Å². The van der Waals surface area contributed by atoms with Gasteiger partial charge in [-0.25, -0.2) is 0 Å². The van der Waals surface area contributed by atoms with Gasteiger partial charge in [0.15, 0.2) is 0 Å². The minimum absolute atomic E-state index is 0. The zero-order valence-corrected chi connectivity index (χ0v) is 55.1. The van der Waals surface area contributed by atoms with Crippen LogP contribution in [0.5, 0.6) is 11.5 Å². The summed E-state index contributed by atoms with van der Waals surface area (Å²) in [5.74, 6) is 1.91. The Morgan fingerprint density at radius 1 is 0.528 bits per heavy atom. The van der Waals surface area contributed by atoms with E-state index in [1.807, 2.05) is 12.1 Å². The van der Waals surface area contributed by atoms with Gasteiger partial charge in [0.25, 0.3) is 6.33 Å². The van der Waals surface area contributed by atoms with E-state index in [1.54, 1.807) is 0 Å². The van der Waals surface area contributed by atoms with Gasteiger partial charge in [-0.3, -0.25) is 9.55 Å². The molecule has 15 rings (SSSR count). The van der Waals surface area contributed by atoms with Crippen LogP contribution in [0.1, 0.15) is 130 Å². The summed E-state index contributed by atoms with van der Waals surface area (Å²) in [4.78, 5) is 5.84. The molecular formula is C82H74N4O2Pt-2. The summed E-state index contributed by atoms with van der Waals surface area (Å²) in [5, 5.41) is 1.88. The Morgan fingerprint density at radius 3 is 1.74 bits per heavy atom. The minimum Gasteiger partial charge on any atom is -0.519 e. The van der Waals surface area contributed by atoms with Gasteiger partial charge in [0.05, 0.1) is 33.6 Å². The number of benzene rings is 10. The molecule has 3 aromatic heterocycles. The summed E-state index contributed by atoms with van der Waals surface area (Å²) in [5.41, 5.74) is 22.1. The monoisotopic (exact) mass is 1340 g/mol. The topological polar surface area (TPSA) is 49.0 Å². The number of hydrogen-bond donors (Lipinski definition) is 0. The van der Waals surface area contributed by atoms with Gasteiger partial charge in [0.2, 0.25) is 0 Å². The van der Waals surface area contributed by atoms with Crippen LogP contribution in [0.4, 0.5) is 0 Å². The van der Waals surface area contributed by atoms with Crippen LogP contribution in [0.2, 0.25) is 0 Å². The average Bonchev–Trinajstić information content (AvgIpc) is 1.68. The summed E-state index contributed by atoms with van der Waals surface area (Å²) in [6.45, 7) is 26.3. The van der Waals surface area contributed by atoms with Crippen molar-refractivity contribution in [1.82, 2.24) is 14.1 Å². The first-order valence-electron chi connectivity index (χ1n) is 31.4. The molecule has 0 fully saturated rings. The quantitative estimate of drug-likeness (QED) is 0.107. The van der Waals surface area contributed by atoms with Gasteiger partial charge in [0, 0.05) is 54.8 Å². The van der Waals surface area contributed by atoms with Crippen molar-refractivity contribution in [2.75, 3.05) is 0 Å². The largest absolute Gasteiger partial charge is 0.519 e. The van der Waals surface area contributed by atoms with Crippen LogP contribution in [-0.4, -0.2) is 14.1 Å². The summed E-state index contributed by atoms with van der Waals surface area (Å²) in [7, 11) is 0. The molecule has 0 spiro atoms. The van der Waals surface area contributed by atoms with E-state index in [0.29, 0.717) is 22.8 Å². The second kappa shape index (κ2) is 21.3. The van der Waals surface area contributed by atoms with Gasteiger partial charge in [0.1, 0.15) is 5.58 Å². The maximum absolute atomic E-state index is 7.39. The number of rotatable bonds is 9. The van der Waals surface area contributed by atoms with Crippen molar-refractivity contribution in [2.45, 2.75) is 129 Å². The summed E-state index contributed by atoms with van der Waals surface area (Å²) in [6.07, 6.45) is 8.30. The van der Waals surface area contributed by atoms with E-state index in [4.69, 9.17) is 14.1 Å². The summed E-state index contributed by atoms with van der Waals surface area (Å²) in [6, 6.07) is 79.6. The molecule has 0 N–H and O–H groups in total. The van der Waals surface area contributed by atoms with E-state index >= 15 is 0 Å². The normalized spacial score (nSPS) is 15.7. The number of imidazole rings is 2. The molecule has 6 nitrogen and oxygen atoms in total. The van der Waals surface area contributed by atoms with Crippen molar-refractivity contribution in [3.63, 3.8) is 0 Å². The molecule has 2 aliphatic rings. The van der Waals surface area contributed by atoms with Crippen molar-refractivity contribution >= 4 is 44.0 Å². The number of furan rings is 1. The molecule has 0 amide bonds. The van der Waals surface area contributed by atoms with Crippen molar-refractivity contribution < 1.29 is 34.8 Å². The molecule has 0 bridgehead atoms. The van der Waals surface area contributed by atoms with E-state index in [1.165, 1.54) is 33.4 Å². The molecule has 10 aromatic carbocycles. The van der Waals surface area contributed by atoms with Gasteiger partial charge >= 0.3 is 0 Å². The van der Waals surface area contributed by atoms with Gasteiger partial charge < -0.3 is 18.3 Å². The Bertz CT molecular complexity index is 4860. The van der Waals surface area contributed by atoms with Crippen LogP contribution in [0, 0.1) is 18.5 Å². The Morgan fingerprint density at radius 2 is 1.09 bits per heavy atom. The molecule has 13 aromatic rings. The molecule has 7 heteroatoms. The van der Waals surface area contributed by atoms with E-state index in [0.717, 1.165) is 115 Å². The Labute approximate surface area is 538 Å². The smallest absolute Gasteiger partial charge is 0.268 e.